The van der Waals surface area contributed by atoms with Crippen LogP contribution in [0.3, 0.4) is 0 Å². The minimum Gasteiger partial charge on any atom is -0.350 e. The van der Waals surface area contributed by atoms with E-state index in [1.165, 1.54) is 24.2 Å². The summed E-state index contributed by atoms with van der Waals surface area (Å²) in [5.74, 6) is 0.221. The average Bonchev–Trinajstić information content (AvgIpc) is 3.41. The van der Waals surface area contributed by atoms with Gasteiger partial charge in [0.05, 0.1) is 9.88 Å². The highest BCUT2D eigenvalue weighted by Crippen LogP contribution is 2.33. The molecule has 2 aliphatic rings. The first kappa shape index (κ1) is 17.4. The first-order chi connectivity index (χ1) is 11.5. The molecule has 5 nitrogen and oxygen atoms in total. The number of aryl methyl sites for hydroxylation is 1. The van der Waals surface area contributed by atoms with E-state index in [9.17, 15) is 9.59 Å². The van der Waals surface area contributed by atoms with Crippen molar-refractivity contribution < 1.29 is 9.59 Å². The number of anilines is 1. The molecule has 24 heavy (non-hydrogen) atoms. The van der Waals surface area contributed by atoms with Crippen molar-refractivity contribution in [2.45, 2.75) is 58.5 Å². The monoisotopic (exact) mass is 349 g/mol. The Hall–Kier alpha value is -1.40. The minimum absolute atomic E-state index is 0.0380. The summed E-state index contributed by atoms with van der Waals surface area (Å²) in [7, 11) is 0. The Kier molecular flexibility index (Phi) is 5.25. The van der Waals surface area contributed by atoms with Gasteiger partial charge in [0.15, 0.2) is 0 Å². The zero-order chi connectivity index (χ0) is 17.3. The highest BCUT2D eigenvalue weighted by atomic mass is 32.1. The molecular weight excluding hydrogens is 322 g/mol. The van der Waals surface area contributed by atoms with Gasteiger partial charge in [-0.05, 0) is 58.1 Å². The van der Waals surface area contributed by atoms with Crippen LogP contribution in [0, 0.1) is 12.8 Å². The van der Waals surface area contributed by atoms with Crippen molar-refractivity contribution in [3.8, 4) is 0 Å². The second kappa shape index (κ2) is 7.23. The summed E-state index contributed by atoms with van der Waals surface area (Å²) >= 11 is 1.37. The Labute approximate surface area is 147 Å². The van der Waals surface area contributed by atoms with Crippen LogP contribution in [0.4, 0.5) is 5.00 Å². The Morgan fingerprint density at radius 3 is 2.58 bits per heavy atom. The highest BCUT2D eigenvalue weighted by molar-refractivity contribution is 7.18. The van der Waals surface area contributed by atoms with Crippen LogP contribution in [0.5, 0.6) is 0 Å². The number of hydrogen-bond donors (Lipinski definition) is 2. The van der Waals surface area contributed by atoms with Gasteiger partial charge in [-0.3, -0.25) is 14.5 Å². The normalized spacial score (nSPS) is 17.4. The molecule has 2 saturated carbocycles. The molecule has 2 amide bonds. The van der Waals surface area contributed by atoms with Crippen molar-refractivity contribution in [3.05, 3.63) is 16.5 Å². The highest BCUT2D eigenvalue weighted by Gasteiger charge is 2.31. The lowest BCUT2D eigenvalue weighted by molar-refractivity contribution is -0.117. The predicted octanol–water partition coefficient (Wildman–Crippen LogP) is 3.01. The van der Waals surface area contributed by atoms with Crippen LogP contribution >= 0.6 is 11.3 Å². The van der Waals surface area contributed by atoms with Gasteiger partial charge in [-0.2, -0.15) is 0 Å². The number of thiophene rings is 1. The molecule has 2 fully saturated rings. The molecule has 0 bridgehead atoms. The molecule has 0 spiro atoms. The third kappa shape index (κ3) is 4.36. The van der Waals surface area contributed by atoms with Gasteiger partial charge in [0.1, 0.15) is 0 Å². The van der Waals surface area contributed by atoms with Crippen molar-refractivity contribution >= 4 is 28.2 Å². The fraction of sp³-hybridized carbons (Fsp3) is 0.667. The Balaban J connectivity index is 1.50. The lowest BCUT2D eigenvalue weighted by Gasteiger charge is -2.26. The number of amides is 2. The van der Waals surface area contributed by atoms with E-state index in [-0.39, 0.29) is 17.7 Å². The van der Waals surface area contributed by atoms with Crippen molar-refractivity contribution in [2.75, 3.05) is 18.4 Å². The summed E-state index contributed by atoms with van der Waals surface area (Å²) in [6, 6.07) is 3.11. The third-order valence-electron chi connectivity index (χ3n) is 4.65. The molecule has 1 aromatic rings. The fourth-order valence-electron chi connectivity index (χ4n) is 2.99. The average molecular weight is 350 g/mol. The minimum atomic E-state index is -0.0380. The van der Waals surface area contributed by atoms with E-state index in [1.54, 1.807) is 0 Å². The van der Waals surface area contributed by atoms with Gasteiger partial charge in [-0.25, -0.2) is 0 Å². The van der Waals surface area contributed by atoms with Gasteiger partial charge in [0.2, 0.25) is 5.91 Å². The first-order valence-corrected chi connectivity index (χ1v) is 9.72. The maximum absolute atomic E-state index is 12.4. The molecule has 2 aliphatic carbocycles. The van der Waals surface area contributed by atoms with Crippen molar-refractivity contribution in [2.24, 2.45) is 5.92 Å². The number of hydrogen-bond acceptors (Lipinski definition) is 4. The maximum Gasteiger partial charge on any atom is 0.261 e. The SMILES string of the molecule is Cc1cc(NC(=O)C2CC2)sc1C(=O)NCCN(C(C)C)C1CC1. The molecule has 0 radical (unpaired) electrons. The summed E-state index contributed by atoms with van der Waals surface area (Å²) < 4.78 is 0. The van der Waals surface area contributed by atoms with Crippen molar-refractivity contribution in [3.63, 3.8) is 0 Å². The van der Waals surface area contributed by atoms with E-state index in [0.29, 0.717) is 23.5 Å². The van der Waals surface area contributed by atoms with Crippen molar-refractivity contribution in [1.29, 1.82) is 0 Å². The van der Waals surface area contributed by atoms with Gasteiger partial charge < -0.3 is 10.6 Å². The summed E-state index contributed by atoms with van der Waals surface area (Å²) in [4.78, 5) is 27.4. The number of nitrogens with one attached hydrogen (secondary N) is 2. The van der Waals surface area contributed by atoms with Crippen LogP contribution in [0.25, 0.3) is 0 Å². The molecule has 0 aliphatic heterocycles. The standard InChI is InChI=1S/C18H27N3O2S/c1-11(2)21(14-6-7-14)9-8-19-18(23)16-12(3)10-15(24-16)20-17(22)13-4-5-13/h10-11,13-14H,4-9H2,1-3H3,(H,19,23)(H,20,22). The summed E-state index contributed by atoms with van der Waals surface area (Å²) in [5.41, 5.74) is 0.923. The molecule has 1 heterocycles. The summed E-state index contributed by atoms with van der Waals surface area (Å²) in [6.07, 6.45) is 4.52. The quantitative estimate of drug-likeness (QED) is 0.758. The number of carbonyl (C=O) groups is 2. The van der Waals surface area contributed by atoms with E-state index in [1.807, 2.05) is 13.0 Å². The van der Waals surface area contributed by atoms with Crippen molar-refractivity contribution in [1.82, 2.24) is 10.2 Å². The molecule has 0 atom stereocenters. The Bertz CT molecular complexity index is 616. The molecule has 3 rings (SSSR count). The second-order valence-corrected chi connectivity index (χ2v) is 8.26. The number of rotatable bonds is 8. The van der Waals surface area contributed by atoms with Crippen LogP contribution in [0.2, 0.25) is 0 Å². The fourth-order valence-corrected chi connectivity index (χ4v) is 3.98. The lowest BCUT2D eigenvalue weighted by atomic mass is 10.2. The number of nitrogens with zero attached hydrogens (tertiary/aromatic N) is 1. The first-order valence-electron chi connectivity index (χ1n) is 8.91. The third-order valence-corrected chi connectivity index (χ3v) is 5.80. The lowest BCUT2D eigenvalue weighted by Crippen LogP contribution is -2.39. The largest absolute Gasteiger partial charge is 0.350 e. The molecule has 132 valence electrons. The number of carbonyl (C=O) groups excluding carboxylic acids is 2. The van der Waals surface area contributed by atoms with E-state index in [2.05, 4.69) is 29.4 Å². The second-order valence-electron chi connectivity index (χ2n) is 7.20. The van der Waals surface area contributed by atoms with E-state index < -0.39 is 0 Å². The summed E-state index contributed by atoms with van der Waals surface area (Å²) in [5, 5.41) is 6.72. The molecular formula is C18H27N3O2S. The van der Waals surface area contributed by atoms with Gasteiger partial charge >= 0.3 is 0 Å². The van der Waals surface area contributed by atoms with Crippen LogP contribution in [-0.2, 0) is 4.79 Å². The van der Waals surface area contributed by atoms with Crippen LogP contribution in [0.15, 0.2) is 6.07 Å². The molecule has 2 N–H and O–H groups in total. The molecule has 1 aromatic heterocycles. The van der Waals surface area contributed by atoms with Crippen LogP contribution < -0.4 is 10.6 Å². The predicted molar refractivity (Wildman–Crippen MR) is 97.6 cm³/mol. The van der Waals surface area contributed by atoms with Crippen LogP contribution in [0.1, 0.15) is 54.8 Å². The zero-order valence-electron chi connectivity index (χ0n) is 14.7. The molecule has 0 aromatic carbocycles. The van der Waals surface area contributed by atoms with E-state index >= 15 is 0 Å². The maximum atomic E-state index is 12.4. The molecule has 0 unspecified atom stereocenters. The van der Waals surface area contributed by atoms with E-state index in [0.717, 1.165) is 30.0 Å². The zero-order valence-corrected chi connectivity index (χ0v) is 15.5. The molecule has 6 heteroatoms. The Morgan fingerprint density at radius 2 is 2.00 bits per heavy atom. The Morgan fingerprint density at radius 1 is 1.29 bits per heavy atom. The van der Waals surface area contributed by atoms with Gasteiger partial charge in [-0.15, -0.1) is 11.3 Å². The van der Waals surface area contributed by atoms with Gasteiger partial charge in [0, 0.05) is 31.1 Å². The smallest absolute Gasteiger partial charge is 0.261 e. The van der Waals surface area contributed by atoms with E-state index in [4.69, 9.17) is 0 Å². The van der Waals surface area contributed by atoms with Gasteiger partial charge in [-0.1, -0.05) is 0 Å². The summed E-state index contributed by atoms with van der Waals surface area (Å²) in [6.45, 7) is 7.89. The van der Waals surface area contributed by atoms with Crippen LogP contribution in [-0.4, -0.2) is 41.9 Å². The molecule has 0 saturated heterocycles. The van der Waals surface area contributed by atoms with Gasteiger partial charge in [0.25, 0.3) is 5.91 Å². The topological polar surface area (TPSA) is 61.4 Å².